The maximum Gasteiger partial charge on any atom is 0.255 e. The monoisotopic (exact) mass is 274 g/mol. The van der Waals surface area contributed by atoms with E-state index in [4.69, 9.17) is 10.2 Å². The van der Waals surface area contributed by atoms with Crippen molar-refractivity contribution >= 4 is 5.91 Å². The zero-order chi connectivity index (χ0) is 14.4. The highest BCUT2D eigenvalue weighted by Gasteiger charge is 2.23. The molecule has 2 rings (SSSR count). The molecule has 2 N–H and O–H groups in total. The summed E-state index contributed by atoms with van der Waals surface area (Å²) in [5.41, 5.74) is 1.13. The number of amides is 1. The molecule has 5 heteroatoms. The molecule has 1 aromatic rings. The first kappa shape index (κ1) is 14.5. The molecule has 0 saturated carbocycles. The molecule has 1 amide bonds. The Labute approximate surface area is 118 Å². The van der Waals surface area contributed by atoms with Crippen LogP contribution in [0.2, 0.25) is 0 Å². The van der Waals surface area contributed by atoms with Crippen LogP contribution in [0.25, 0.3) is 0 Å². The number of aliphatic hydroxyl groups excluding tert-OH is 2. The summed E-state index contributed by atoms with van der Waals surface area (Å²) < 4.78 is 0. The third-order valence-electron chi connectivity index (χ3n) is 3.46. The van der Waals surface area contributed by atoms with Gasteiger partial charge in [0.2, 0.25) is 0 Å². The normalized spacial score (nSPS) is 15.6. The van der Waals surface area contributed by atoms with Gasteiger partial charge in [0.25, 0.3) is 5.91 Å². The van der Waals surface area contributed by atoms with E-state index in [2.05, 4.69) is 16.8 Å². The number of pyridine rings is 1. The Morgan fingerprint density at radius 2 is 2.10 bits per heavy atom. The number of carbonyl (C=O) groups is 1. The Kier molecular flexibility index (Phi) is 5.10. The van der Waals surface area contributed by atoms with Crippen LogP contribution in [0.1, 0.15) is 28.8 Å². The molecule has 0 radical (unpaired) electrons. The highest BCUT2D eigenvalue weighted by Crippen LogP contribution is 2.18. The average Bonchev–Trinajstić information content (AvgIpc) is 2.52. The number of piperidine rings is 1. The second-order valence-corrected chi connectivity index (χ2v) is 4.84. The van der Waals surface area contributed by atoms with Gasteiger partial charge in [-0.3, -0.25) is 9.78 Å². The molecule has 5 nitrogen and oxygen atoms in total. The van der Waals surface area contributed by atoms with Crippen LogP contribution in [0.4, 0.5) is 0 Å². The number of rotatable bonds is 2. The van der Waals surface area contributed by atoms with Gasteiger partial charge in [-0.15, -0.1) is 0 Å². The summed E-state index contributed by atoms with van der Waals surface area (Å²) >= 11 is 0. The lowest BCUT2D eigenvalue weighted by atomic mass is 9.97. The third-order valence-corrected chi connectivity index (χ3v) is 3.46. The molecule has 20 heavy (non-hydrogen) atoms. The van der Waals surface area contributed by atoms with E-state index in [1.54, 1.807) is 17.2 Å². The van der Waals surface area contributed by atoms with E-state index in [0.717, 1.165) is 12.8 Å². The molecule has 1 aromatic heterocycles. The predicted octanol–water partition coefficient (Wildman–Crippen LogP) is 0.270. The lowest BCUT2D eigenvalue weighted by Gasteiger charge is -2.31. The number of likely N-dealkylation sites (tertiary alicyclic amines) is 1. The van der Waals surface area contributed by atoms with Gasteiger partial charge in [0.1, 0.15) is 6.61 Å². The van der Waals surface area contributed by atoms with E-state index in [-0.39, 0.29) is 19.1 Å². The molecule has 0 aromatic carbocycles. The lowest BCUT2D eigenvalue weighted by molar-refractivity contribution is 0.0650. The minimum Gasteiger partial charge on any atom is -0.396 e. The molecule has 0 bridgehead atoms. The van der Waals surface area contributed by atoms with Crippen molar-refractivity contribution in [3.63, 3.8) is 0 Å². The Morgan fingerprint density at radius 1 is 1.35 bits per heavy atom. The molecule has 0 spiro atoms. The van der Waals surface area contributed by atoms with Crippen molar-refractivity contribution in [3.8, 4) is 11.8 Å². The van der Waals surface area contributed by atoms with Crippen molar-refractivity contribution in [1.29, 1.82) is 0 Å². The van der Waals surface area contributed by atoms with Crippen molar-refractivity contribution in [2.24, 2.45) is 5.92 Å². The van der Waals surface area contributed by atoms with Crippen LogP contribution in [0.15, 0.2) is 18.5 Å². The van der Waals surface area contributed by atoms with E-state index < -0.39 is 0 Å². The first-order chi connectivity index (χ1) is 9.74. The maximum absolute atomic E-state index is 12.3. The van der Waals surface area contributed by atoms with Crippen LogP contribution in [0, 0.1) is 17.8 Å². The summed E-state index contributed by atoms with van der Waals surface area (Å²) in [6, 6.07) is 1.69. The van der Waals surface area contributed by atoms with Crippen molar-refractivity contribution < 1.29 is 15.0 Å². The van der Waals surface area contributed by atoms with E-state index in [1.807, 2.05) is 0 Å². The molecular formula is C15H18N2O3. The molecule has 0 atom stereocenters. The van der Waals surface area contributed by atoms with Gasteiger partial charge in [0.05, 0.1) is 5.56 Å². The molecule has 1 aliphatic rings. The van der Waals surface area contributed by atoms with Crippen LogP contribution in [-0.4, -0.2) is 52.3 Å². The molecule has 1 saturated heterocycles. The third kappa shape index (κ3) is 3.56. The predicted molar refractivity (Wildman–Crippen MR) is 73.9 cm³/mol. The lowest BCUT2D eigenvalue weighted by Crippen LogP contribution is -2.39. The van der Waals surface area contributed by atoms with Crippen LogP contribution in [-0.2, 0) is 0 Å². The number of nitrogens with zero attached hydrogens (tertiary/aromatic N) is 2. The quantitative estimate of drug-likeness (QED) is 0.759. The fourth-order valence-corrected chi connectivity index (χ4v) is 2.27. The largest absolute Gasteiger partial charge is 0.396 e. The Bertz CT molecular complexity index is 525. The highest BCUT2D eigenvalue weighted by molar-refractivity contribution is 5.94. The first-order valence-electron chi connectivity index (χ1n) is 6.69. The summed E-state index contributed by atoms with van der Waals surface area (Å²) in [7, 11) is 0. The summed E-state index contributed by atoms with van der Waals surface area (Å²) in [5.74, 6) is 5.53. The molecule has 106 valence electrons. The smallest absolute Gasteiger partial charge is 0.255 e. The van der Waals surface area contributed by atoms with Gasteiger partial charge < -0.3 is 15.1 Å². The van der Waals surface area contributed by atoms with Crippen LogP contribution < -0.4 is 0 Å². The van der Waals surface area contributed by atoms with Crippen LogP contribution >= 0.6 is 0 Å². The zero-order valence-electron chi connectivity index (χ0n) is 11.2. The van der Waals surface area contributed by atoms with E-state index in [9.17, 15) is 4.79 Å². The minimum absolute atomic E-state index is 0.0541. The van der Waals surface area contributed by atoms with Crippen LogP contribution in [0.3, 0.4) is 0 Å². The number of aromatic nitrogens is 1. The number of carbonyl (C=O) groups excluding carboxylic acids is 1. The summed E-state index contributed by atoms with van der Waals surface area (Å²) in [6.07, 6.45) is 4.77. The summed E-state index contributed by atoms with van der Waals surface area (Å²) in [4.78, 5) is 18.1. The molecular weight excluding hydrogens is 256 g/mol. The van der Waals surface area contributed by atoms with Gasteiger partial charge in [0.15, 0.2) is 0 Å². The zero-order valence-corrected chi connectivity index (χ0v) is 11.2. The van der Waals surface area contributed by atoms with Crippen molar-refractivity contribution in [2.75, 3.05) is 26.3 Å². The molecule has 2 heterocycles. The topological polar surface area (TPSA) is 73.7 Å². The van der Waals surface area contributed by atoms with Gasteiger partial charge in [-0.1, -0.05) is 11.8 Å². The van der Waals surface area contributed by atoms with Gasteiger partial charge in [-0.2, -0.15) is 0 Å². The van der Waals surface area contributed by atoms with Crippen molar-refractivity contribution in [3.05, 3.63) is 29.6 Å². The number of hydrogen-bond donors (Lipinski definition) is 2. The van der Waals surface area contributed by atoms with Gasteiger partial charge in [0, 0.05) is 37.7 Å². The fraction of sp³-hybridized carbons (Fsp3) is 0.467. The summed E-state index contributed by atoms with van der Waals surface area (Å²) in [5, 5.41) is 17.8. The first-order valence-corrected chi connectivity index (χ1v) is 6.69. The maximum atomic E-state index is 12.3. The van der Waals surface area contributed by atoms with Gasteiger partial charge in [-0.25, -0.2) is 0 Å². The number of aliphatic hydroxyl groups is 2. The van der Waals surface area contributed by atoms with Crippen LogP contribution in [0.5, 0.6) is 0 Å². The molecule has 1 fully saturated rings. The minimum atomic E-state index is -0.215. The highest BCUT2D eigenvalue weighted by atomic mass is 16.3. The van der Waals surface area contributed by atoms with Crippen molar-refractivity contribution in [1.82, 2.24) is 9.88 Å². The second-order valence-electron chi connectivity index (χ2n) is 4.84. The van der Waals surface area contributed by atoms with E-state index in [1.165, 1.54) is 6.20 Å². The average molecular weight is 274 g/mol. The standard InChI is InChI=1S/C15H18N2O3/c18-7-1-2-13-8-14(10-16-9-13)15(20)17-5-3-12(11-19)4-6-17/h8-10,12,18-19H,3-7,11H2. The summed E-state index contributed by atoms with van der Waals surface area (Å²) in [6.45, 7) is 1.30. The Hall–Kier alpha value is -1.90. The van der Waals surface area contributed by atoms with Crippen molar-refractivity contribution in [2.45, 2.75) is 12.8 Å². The van der Waals surface area contributed by atoms with Gasteiger partial charge >= 0.3 is 0 Å². The van der Waals surface area contributed by atoms with Gasteiger partial charge in [-0.05, 0) is 24.8 Å². The fourth-order valence-electron chi connectivity index (χ4n) is 2.27. The van der Waals surface area contributed by atoms with E-state index >= 15 is 0 Å². The Balaban J connectivity index is 2.06. The SMILES string of the molecule is O=C(c1cncc(C#CCO)c1)N1CCC(CO)CC1. The molecule has 1 aliphatic heterocycles. The second kappa shape index (κ2) is 7.04. The number of hydrogen-bond acceptors (Lipinski definition) is 4. The van der Waals surface area contributed by atoms with E-state index in [0.29, 0.717) is 30.1 Å². The molecule has 0 aliphatic carbocycles. The Morgan fingerprint density at radius 3 is 2.75 bits per heavy atom. The molecule has 0 unspecified atom stereocenters.